The highest BCUT2D eigenvalue weighted by atomic mass is 35.5. The zero-order valence-electron chi connectivity index (χ0n) is 14.0. The van der Waals surface area contributed by atoms with E-state index in [2.05, 4.69) is 14.7 Å². The van der Waals surface area contributed by atoms with Gasteiger partial charge in [0.1, 0.15) is 5.17 Å². The number of ether oxygens (including phenoxy) is 1. The number of hydrogen-bond acceptors (Lipinski definition) is 6. The maximum absolute atomic E-state index is 13.3. The Balaban J connectivity index is 3.15. The van der Waals surface area contributed by atoms with Crippen molar-refractivity contribution in [1.82, 2.24) is 0 Å². The molecule has 0 aliphatic rings. The molecule has 1 aromatic rings. The first-order valence-electron chi connectivity index (χ1n) is 7.16. The summed E-state index contributed by atoms with van der Waals surface area (Å²) in [7, 11) is 1.28. The van der Waals surface area contributed by atoms with Crippen molar-refractivity contribution in [2.24, 2.45) is 5.16 Å². The Bertz CT molecular complexity index is 690. The van der Waals surface area contributed by atoms with E-state index >= 15 is 0 Å². The summed E-state index contributed by atoms with van der Waals surface area (Å²) < 4.78 is 44.1. The first-order valence-corrected chi connectivity index (χ1v) is 7.54. The predicted octanol–water partition coefficient (Wildman–Crippen LogP) is 3.14. The third-order valence-electron chi connectivity index (χ3n) is 3.18. The molecule has 26 heavy (non-hydrogen) atoms. The summed E-state index contributed by atoms with van der Waals surface area (Å²) in [6.45, 7) is 2.34. The van der Waals surface area contributed by atoms with E-state index in [4.69, 9.17) is 11.6 Å². The van der Waals surface area contributed by atoms with E-state index in [1.54, 1.807) is 0 Å². The Morgan fingerprint density at radius 3 is 2.23 bits per heavy atom. The summed E-state index contributed by atoms with van der Waals surface area (Å²) in [6.07, 6.45) is -6.26. The third-order valence-corrected chi connectivity index (χ3v) is 3.25. The molecule has 1 rings (SSSR count). The van der Waals surface area contributed by atoms with Gasteiger partial charge in [0, 0.05) is 18.3 Å². The van der Waals surface area contributed by atoms with E-state index < -0.39 is 29.4 Å². The highest BCUT2D eigenvalue weighted by molar-refractivity contribution is 6.64. The van der Waals surface area contributed by atoms with Crippen molar-refractivity contribution in [2.45, 2.75) is 25.6 Å². The molecular formula is C15H16ClF3N2O5. The second-order valence-electron chi connectivity index (χ2n) is 4.98. The van der Waals surface area contributed by atoms with Crippen LogP contribution >= 0.6 is 11.6 Å². The Hall–Kier alpha value is -2.33. The van der Waals surface area contributed by atoms with Gasteiger partial charge in [0.15, 0.2) is 0 Å². The van der Waals surface area contributed by atoms with Gasteiger partial charge in [-0.25, -0.2) is 9.59 Å². The fourth-order valence-electron chi connectivity index (χ4n) is 1.83. The Morgan fingerprint density at radius 2 is 1.81 bits per heavy atom. The Morgan fingerprint density at radius 1 is 1.27 bits per heavy atom. The van der Waals surface area contributed by atoms with Gasteiger partial charge in [-0.3, -0.25) is 9.74 Å². The molecule has 11 heteroatoms. The van der Waals surface area contributed by atoms with Crippen LogP contribution in [0, 0.1) is 0 Å². The van der Waals surface area contributed by atoms with Crippen LogP contribution in [-0.2, 0) is 20.0 Å². The number of carbonyl (C=O) groups excluding carboxylic acids is 2. The number of oxime groups is 1. The SMILES string of the molecule is CCOC(=O)[C@@](O)(c1ccc(N(C)C(=O)O/N=C(/C)Cl)cc1)C(F)(F)F. The maximum Gasteiger partial charge on any atom is 0.440 e. The fourth-order valence-corrected chi connectivity index (χ4v) is 1.86. The van der Waals surface area contributed by atoms with E-state index in [-0.39, 0.29) is 17.5 Å². The number of halogens is 4. The van der Waals surface area contributed by atoms with Crippen molar-refractivity contribution in [1.29, 1.82) is 0 Å². The molecular weight excluding hydrogens is 381 g/mol. The van der Waals surface area contributed by atoms with Crippen molar-refractivity contribution in [3.63, 3.8) is 0 Å². The van der Waals surface area contributed by atoms with E-state index in [1.165, 1.54) is 20.9 Å². The first kappa shape index (κ1) is 21.7. The standard InChI is InChI=1S/C15H16ClF3N2O5/c1-4-25-12(22)14(24,15(17,18)19)10-5-7-11(8-6-10)21(3)13(23)26-20-9(2)16/h5-8,24H,4H2,1-3H3/b20-9-/t14-/m0/s1. The number of carbonyl (C=O) groups is 2. The van der Waals surface area contributed by atoms with Gasteiger partial charge in [0.2, 0.25) is 0 Å². The minimum absolute atomic E-state index is 0.0354. The number of nitrogens with zero attached hydrogens (tertiary/aromatic N) is 2. The second-order valence-corrected chi connectivity index (χ2v) is 5.53. The van der Waals surface area contributed by atoms with Gasteiger partial charge in [-0.15, -0.1) is 0 Å². The lowest BCUT2D eigenvalue weighted by molar-refractivity contribution is -0.267. The van der Waals surface area contributed by atoms with Crippen molar-refractivity contribution in [3.05, 3.63) is 29.8 Å². The molecule has 0 spiro atoms. The number of hydrogen-bond donors (Lipinski definition) is 1. The van der Waals surface area contributed by atoms with Crippen LogP contribution < -0.4 is 4.90 Å². The molecule has 0 unspecified atom stereocenters. The van der Waals surface area contributed by atoms with Crippen LogP contribution in [0.1, 0.15) is 19.4 Å². The summed E-state index contributed by atoms with van der Waals surface area (Å²) in [5, 5.41) is 13.2. The third kappa shape index (κ3) is 4.64. The number of anilines is 1. The minimum atomic E-state index is -5.31. The number of benzene rings is 1. The van der Waals surface area contributed by atoms with Gasteiger partial charge in [-0.2, -0.15) is 13.2 Å². The largest absolute Gasteiger partial charge is 0.463 e. The normalized spacial score (nSPS) is 14.4. The molecule has 0 aliphatic heterocycles. The number of alkyl halides is 3. The molecule has 1 amide bonds. The molecule has 0 radical (unpaired) electrons. The van der Waals surface area contributed by atoms with Gasteiger partial charge in [-0.05, 0) is 26.0 Å². The molecule has 0 fully saturated rings. The predicted molar refractivity (Wildman–Crippen MR) is 86.9 cm³/mol. The highest BCUT2D eigenvalue weighted by Crippen LogP contribution is 2.40. The monoisotopic (exact) mass is 396 g/mol. The van der Waals surface area contributed by atoms with E-state index in [9.17, 15) is 27.9 Å². The molecule has 7 nitrogen and oxygen atoms in total. The second kappa shape index (κ2) is 8.37. The van der Waals surface area contributed by atoms with Gasteiger partial charge >= 0.3 is 18.2 Å². The van der Waals surface area contributed by atoms with Crippen LogP contribution in [0.15, 0.2) is 29.4 Å². The quantitative estimate of drug-likeness (QED) is 0.357. The van der Waals surface area contributed by atoms with E-state index in [0.29, 0.717) is 0 Å². The average molecular weight is 397 g/mol. The van der Waals surface area contributed by atoms with Crippen LogP contribution in [0.3, 0.4) is 0 Å². The molecule has 0 saturated heterocycles. The van der Waals surface area contributed by atoms with Crippen molar-refractivity contribution >= 4 is 34.5 Å². The average Bonchev–Trinajstić information content (AvgIpc) is 2.57. The zero-order valence-corrected chi connectivity index (χ0v) is 14.8. The van der Waals surface area contributed by atoms with Gasteiger partial charge in [0.05, 0.1) is 6.61 Å². The highest BCUT2D eigenvalue weighted by Gasteiger charge is 2.62. The van der Waals surface area contributed by atoms with Crippen LogP contribution in [-0.4, -0.2) is 42.2 Å². The molecule has 144 valence electrons. The summed E-state index contributed by atoms with van der Waals surface area (Å²) in [6, 6.07) is 3.87. The molecule has 1 aromatic carbocycles. The van der Waals surface area contributed by atoms with Gasteiger partial charge in [0.25, 0.3) is 5.60 Å². The Kier molecular flexibility index (Phi) is 6.99. The van der Waals surface area contributed by atoms with Crippen LogP contribution in [0.4, 0.5) is 23.7 Å². The topological polar surface area (TPSA) is 88.4 Å². The van der Waals surface area contributed by atoms with E-state index in [0.717, 1.165) is 29.2 Å². The lowest BCUT2D eigenvalue weighted by atomic mass is 9.93. The molecule has 1 N–H and O–H groups in total. The number of esters is 1. The number of aliphatic hydroxyl groups is 1. The fraction of sp³-hybridized carbons (Fsp3) is 0.400. The molecule has 1 atom stereocenters. The van der Waals surface area contributed by atoms with Crippen molar-refractivity contribution < 1.29 is 37.4 Å². The number of rotatable bonds is 5. The number of amides is 1. The lowest BCUT2D eigenvalue weighted by Crippen LogP contribution is -2.50. The maximum atomic E-state index is 13.3. The molecule has 0 bridgehead atoms. The molecule has 0 aromatic heterocycles. The minimum Gasteiger partial charge on any atom is -0.463 e. The lowest BCUT2D eigenvalue weighted by Gasteiger charge is -2.28. The van der Waals surface area contributed by atoms with E-state index in [1.807, 2.05) is 0 Å². The smallest absolute Gasteiger partial charge is 0.440 e. The van der Waals surface area contributed by atoms with Crippen molar-refractivity contribution in [3.8, 4) is 0 Å². The summed E-state index contributed by atoms with van der Waals surface area (Å²) in [5.41, 5.74) is -4.47. The summed E-state index contributed by atoms with van der Waals surface area (Å²) >= 11 is 5.42. The van der Waals surface area contributed by atoms with Gasteiger partial charge in [-0.1, -0.05) is 28.9 Å². The van der Waals surface area contributed by atoms with Crippen LogP contribution in [0.5, 0.6) is 0 Å². The van der Waals surface area contributed by atoms with Crippen LogP contribution in [0.25, 0.3) is 0 Å². The molecule has 0 aliphatic carbocycles. The summed E-state index contributed by atoms with van der Waals surface area (Å²) in [5.74, 6) is -1.85. The summed E-state index contributed by atoms with van der Waals surface area (Å²) in [4.78, 5) is 28.8. The molecule has 0 heterocycles. The Labute approximate surface area is 151 Å². The molecule has 0 saturated carbocycles. The van der Waals surface area contributed by atoms with Crippen LogP contribution in [0.2, 0.25) is 0 Å². The zero-order chi connectivity index (χ0) is 20.1. The van der Waals surface area contributed by atoms with Crippen molar-refractivity contribution in [2.75, 3.05) is 18.6 Å². The first-order chi connectivity index (χ1) is 11.9. The van der Waals surface area contributed by atoms with Gasteiger partial charge < -0.3 is 9.84 Å².